The van der Waals surface area contributed by atoms with Gasteiger partial charge in [0.15, 0.2) is 11.5 Å². The number of nitrogens with zero attached hydrogens (tertiary/aromatic N) is 2. The molecular weight excluding hydrogens is 352 g/mol. The highest BCUT2D eigenvalue weighted by atomic mass is 35.5. The Kier molecular flexibility index (Phi) is 5.34. The molecule has 0 radical (unpaired) electrons. The highest BCUT2D eigenvalue weighted by Gasteiger charge is 2.11. The predicted molar refractivity (Wildman–Crippen MR) is 102 cm³/mol. The van der Waals surface area contributed by atoms with Crippen molar-refractivity contribution >= 4 is 34.7 Å². The Morgan fingerprint density at radius 3 is 2.54 bits per heavy atom. The third-order valence-corrected chi connectivity index (χ3v) is 3.94. The summed E-state index contributed by atoms with van der Waals surface area (Å²) < 4.78 is 5.22. The number of para-hydroxylation sites is 2. The summed E-state index contributed by atoms with van der Waals surface area (Å²) in [5.41, 5.74) is 2.63. The van der Waals surface area contributed by atoms with Crippen molar-refractivity contribution in [1.29, 1.82) is 0 Å². The molecule has 0 bridgehead atoms. The molecule has 132 valence electrons. The highest BCUT2D eigenvalue weighted by Crippen LogP contribution is 2.24. The SMILES string of the molecule is COc1ccccc1NC(=O)c1ccc(Nc2ccc(Cl)cc2C)nn1. The first-order valence-corrected chi connectivity index (χ1v) is 8.26. The summed E-state index contributed by atoms with van der Waals surface area (Å²) in [5, 5.41) is 14.6. The molecule has 3 aromatic rings. The van der Waals surface area contributed by atoms with E-state index in [0.717, 1.165) is 11.3 Å². The second kappa shape index (κ2) is 7.84. The van der Waals surface area contributed by atoms with Crippen LogP contribution in [0.15, 0.2) is 54.6 Å². The van der Waals surface area contributed by atoms with E-state index < -0.39 is 0 Å². The molecule has 2 N–H and O–H groups in total. The Balaban J connectivity index is 1.71. The number of hydrogen-bond donors (Lipinski definition) is 2. The van der Waals surface area contributed by atoms with Gasteiger partial charge in [0, 0.05) is 10.7 Å². The second-order valence-electron chi connectivity index (χ2n) is 5.54. The number of nitrogens with one attached hydrogen (secondary N) is 2. The van der Waals surface area contributed by atoms with Gasteiger partial charge in [-0.15, -0.1) is 10.2 Å². The number of aryl methyl sites for hydroxylation is 1. The number of carbonyl (C=O) groups excluding carboxylic acids is 1. The van der Waals surface area contributed by atoms with Crippen LogP contribution in [0.4, 0.5) is 17.2 Å². The molecule has 0 aliphatic heterocycles. The Labute approximate surface area is 156 Å². The van der Waals surface area contributed by atoms with Gasteiger partial charge in [0.05, 0.1) is 12.8 Å². The van der Waals surface area contributed by atoms with Crippen molar-refractivity contribution in [1.82, 2.24) is 10.2 Å². The number of aromatic nitrogens is 2. The molecule has 6 nitrogen and oxygen atoms in total. The zero-order chi connectivity index (χ0) is 18.5. The summed E-state index contributed by atoms with van der Waals surface area (Å²) >= 11 is 5.95. The van der Waals surface area contributed by atoms with Gasteiger partial charge in [0.1, 0.15) is 5.75 Å². The molecule has 0 saturated heterocycles. The number of benzene rings is 2. The predicted octanol–water partition coefficient (Wildman–Crippen LogP) is 4.44. The van der Waals surface area contributed by atoms with Crippen LogP contribution in [0, 0.1) is 6.92 Å². The van der Waals surface area contributed by atoms with E-state index in [1.165, 1.54) is 0 Å². The lowest BCUT2D eigenvalue weighted by atomic mass is 10.2. The van der Waals surface area contributed by atoms with Gasteiger partial charge in [0.25, 0.3) is 5.91 Å². The van der Waals surface area contributed by atoms with Crippen LogP contribution in [0.1, 0.15) is 16.1 Å². The summed E-state index contributed by atoms with van der Waals surface area (Å²) in [6.07, 6.45) is 0. The number of anilines is 3. The van der Waals surface area contributed by atoms with E-state index in [9.17, 15) is 4.79 Å². The molecule has 0 fully saturated rings. The monoisotopic (exact) mass is 368 g/mol. The second-order valence-corrected chi connectivity index (χ2v) is 5.98. The maximum Gasteiger partial charge on any atom is 0.276 e. The van der Waals surface area contributed by atoms with Crippen molar-refractivity contribution in [2.24, 2.45) is 0 Å². The van der Waals surface area contributed by atoms with E-state index >= 15 is 0 Å². The van der Waals surface area contributed by atoms with Gasteiger partial charge >= 0.3 is 0 Å². The molecule has 1 aromatic heterocycles. The minimum absolute atomic E-state index is 0.203. The number of halogens is 1. The lowest BCUT2D eigenvalue weighted by Gasteiger charge is -2.10. The lowest BCUT2D eigenvalue weighted by Crippen LogP contribution is -2.15. The van der Waals surface area contributed by atoms with Crippen molar-refractivity contribution in [3.8, 4) is 5.75 Å². The number of ether oxygens (including phenoxy) is 1. The fourth-order valence-electron chi connectivity index (χ4n) is 2.36. The van der Waals surface area contributed by atoms with Gasteiger partial charge in [-0.2, -0.15) is 0 Å². The van der Waals surface area contributed by atoms with Crippen LogP contribution < -0.4 is 15.4 Å². The van der Waals surface area contributed by atoms with Gasteiger partial charge in [-0.3, -0.25) is 4.79 Å². The fourth-order valence-corrected chi connectivity index (χ4v) is 2.59. The quantitative estimate of drug-likeness (QED) is 0.696. The number of rotatable bonds is 5. The minimum atomic E-state index is -0.365. The lowest BCUT2D eigenvalue weighted by molar-refractivity contribution is 0.102. The average Bonchev–Trinajstić information content (AvgIpc) is 2.65. The zero-order valence-electron chi connectivity index (χ0n) is 14.3. The van der Waals surface area contributed by atoms with E-state index in [4.69, 9.17) is 16.3 Å². The minimum Gasteiger partial charge on any atom is -0.495 e. The van der Waals surface area contributed by atoms with E-state index in [-0.39, 0.29) is 11.6 Å². The first-order chi connectivity index (χ1) is 12.6. The first-order valence-electron chi connectivity index (χ1n) is 7.88. The molecule has 7 heteroatoms. The molecule has 3 rings (SSSR count). The summed E-state index contributed by atoms with van der Waals surface area (Å²) in [4.78, 5) is 12.3. The maximum absolute atomic E-state index is 12.3. The molecule has 2 aromatic carbocycles. The summed E-state index contributed by atoms with van der Waals surface area (Å²) in [5.74, 6) is 0.741. The first kappa shape index (κ1) is 17.7. The van der Waals surface area contributed by atoms with E-state index in [1.54, 1.807) is 37.4 Å². The van der Waals surface area contributed by atoms with Gasteiger partial charge in [-0.25, -0.2) is 0 Å². The molecule has 0 aliphatic carbocycles. The average molecular weight is 369 g/mol. The van der Waals surface area contributed by atoms with Crippen LogP contribution in [0.2, 0.25) is 5.02 Å². The van der Waals surface area contributed by atoms with E-state index in [1.807, 2.05) is 31.2 Å². The Morgan fingerprint density at radius 2 is 1.85 bits per heavy atom. The molecule has 0 aliphatic rings. The summed E-state index contributed by atoms with van der Waals surface area (Å²) in [7, 11) is 1.55. The van der Waals surface area contributed by atoms with Gasteiger partial charge < -0.3 is 15.4 Å². The zero-order valence-corrected chi connectivity index (χ0v) is 15.0. The molecular formula is C19H17ClN4O2. The molecule has 26 heavy (non-hydrogen) atoms. The molecule has 1 heterocycles. The third kappa shape index (κ3) is 4.10. The number of carbonyl (C=O) groups is 1. The van der Waals surface area contributed by atoms with Crippen LogP contribution in [-0.4, -0.2) is 23.2 Å². The van der Waals surface area contributed by atoms with Gasteiger partial charge in [-0.1, -0.05) is 23.7 Å². The molecule has 0 spiro atoms. The normalized spacial score (nSPS) is 10.3. The Bertz CT molecular complexity index is 929. The van der Waals surface area contributed by atoms with Crippen LogP contribution in [0.3, 0.4) is 0 Å². The summed E-state index contributed by atoms with van der Waals surface area (Å²) in [6.45, 7) is 1.94. The smallest absolute Gasteiger partial charge is 0.276 e. The number of methoxy groups -OCH3 is 1. The van der Waals surface area contributed by atoms with Gasteiger partial charge in [-0.05, 0) is 55.0 Å². The highest BCUT2D eigenvalue weighted by molar-refractivity contribution is 6.30. The largest absolute Gasteiger partial charge is 0.495 e. The Hall–Kier alpha value is -3.12. The standard InChI is InChI=1S/C19H17ClN4O2/c1-12-11-13(20)7-8-14(12)21-18-10-9-16(23-24-18)19(25)22-15-5-3-4-6-17(15)26-2/h3-11H,1-2H3,(H,21,24)(H,22,25). The van der Waals surface area contributed by atoms with E-state index in [0.29, 0.717) is 22.3 Å². The van der Waals surface area contributed by atoms with Crippen molar-refractivity contribution in [2.75, 3.05) is 17.7 Å². The summed E-state index contributed by atoms with van der Waals surface area (Å²) in [6, 6.07) is 16.0. The fraction of sp³-hybridized carbons (Fsp3) is 0.105. The van der Waals surface area contributed by atoms with Crippen LogP contribution in [-0.2, 0) is 0 Å². The molecule has 0 atom stereocenters. The molecule has 1 amide bonds. The van der Waals surface area contributed by atoms with Crippen molar-refractivity contribution in [2.45, 2.75) is 6.92 Å². The van der Waals surface area contributed by atoms with Crippen LogP contribution in [0.25, 0.3) is 0 Å². The third-order valence-electron chi connectivity index (χ3n) is 3.70. The van der Waals surface area contributed by atoms with Crippen molar-refractivity contribution in [3.63, 3.8) is 0 Å². The Morgan fingerprint density at radius 1 is 1.04 bits per heavy atom. The molecule has 0 unspecified atom stereocenters. The van der Waals surface area contributed by atoms with Crippen LogP contribution in [0.5, 0.6) is 5.75 Å². The number of amides is 1. The maximum atomic E-state index is 12.3. The van der Waals surface area contributed by atoms with Crippen LogP contribution >= 0.6 is 11.6 Å². The topological polar surface area (TPSA) is 76.1 Å². The van der Waals surface area contributed by atoms with Gasteiger partial charge in [0.2, 0.25) is 0 Å². The molecule has 0 saturated carbocycles. The van der Waals surface area contributed by atoms with Crippen molar-refractivity contribution < 1.29 is 9.53 Å². The van der Waals surface area contributed by atoms with Crippen molar-refractivity contribution in [3.05, 3.63) is 70.9 Å². The number of hydrogen-bond acceptors (Lipinski definition) is 5. The van der Waals surface area contributed by atoms with E-state index in [2.05, 4.69) is 20.8 Å².